The molecule has 2 rings (SSSR count). The number of aliphatic hydroxyl groups is 1. The van der Waals surface area contributed by atoms with Crippen molar-refractivity contribution in [2.75, 3.05) is 6.61 Å². The van der Waals surface area contributed by atoms with E-state index in [0.717, 1.165) is 5.82 Å². The first-order valence-corrected chi connectivity index (χ1v) is 4.59. The van der Waals surface area contributed by atoms with Gasteiger partial charge in [-0.25, -0.2) is 0 Å². The summed E-state index contributed by atoms with van der Waals surface area (Å²) in [5, 5.41) is 21.4. The van der Waals surface area contributed by atoms with Crippen molar-refractivity contribution in [1.29, 1.82) is 0 Å². The lowest BCUT2D eigenvalue weighted by Crippen LogP contribution is -2.14. The summed E-state index contributed by atoms with van der Waals surface area (Å²) in [7, 11) is 0. The van der Waals surface area contributed by atoms with Gasteiger partial charge in [-0.05, 0) is 6.92 Å². The van der Waals surface area contributed by atoms with Gasteiger partial charge in [-0.3, -0.25) is 0 Å². The van der Waals surface area contributed by atoms with Crippen LogP contribution in [0, 0.1) is 6.92 Å². The van der Waals surface area contributed by atoms with E-state index in [9.17, 15) is 0 Å². The van der Waals surface area contributed by atoms with E-state index >= 15 is 0 Å². The smallest absolute Gasteiger partial charge is 0.234 e. The maximum absolute atomic E-state index is 8.82. The van der Waals surface area contributed by atoms with E-state index in [1.165, 1.54) is 11.3 Å². The topological polar surface area (TPSA) is 89.3 Å². The van der Waals surface area contributed by atoms with Crippen LogP contribution in [-0.4, -0.2) is 31.5 Å². The van der Waals surface area contributed by atoms with Crippen LogP contribution in [0.25, 0.3) is 4.96 Å². The Kier molecular flexibility index (Phi) is 1.98. The van der Waals surface area contributed by atoms with Crippen molar-refractivity contribution >= 4 is 16.3 Å². The van der Waals surface area contributed by atoms with E-state index in [0.29, 0.717) is 9.97 Å². The Balaban J connectivity index is 2.49. The molecule has 0 aliphatic rings. The fourth-order valence-corrected chi connectivity index (χ4v) is 1.83. The molecule has 0 saturated heterocycles. The minimum atomic E-state index is -0.425. The lowest BCUT2D eigenvalue weighted by molar-refractivity contribution is 0.267. The quantitative estimate of drug-likeness (QED) is 0.679. The molecule has 2 heterocycles. The molecule has 0 fully saturated rings. The molecule has 0 aliphatic heterocycles. The third kappa shape index (κ3) is 1.30. The number of fused-ring (bicyclic) bond motifs is 1. The molecule has 0 spiro atoms. The molecule has 2 aromatic rings. The van der Waals surface area contributed by atoms with Crippen molar-refractivity contribution in [1.82, 2.24) is 19.8 Å². The molecule has 1 atom stereocenters. The van der Waals surface area contributed by atoms with Crippen LogP contribution in [0.4, 0.5) is 0 Å². The van der Waals surface area contributed by atoms with E-state index < -0.39 is 6.04 Å². The maximum Gasteiger partial charge on any atom is 0.234 e. The second kappa shape index (κ2) is 3.02. The van der Waals surface area contributed by atoms with Crippen LogP contribution < -0.4 is 5.73 Å². The van der Waals surface area contributed by atoms with Crippen LogP contribution in [0.2, 0.25) is 0 Å². The van der Waals surface area contributed by atoms with Crippen molar-refractivity contribution in [2.24, 2.45) is 5.73 Å². The number of hydrogen-bond donors (Lipinski definition) is 2. The van der Waals surface area contributed by atoms with Gasteiger partial charge >= 0.3 is 0 Å². The molecule has 0 saturated carbocycles. The van der Waals surface area contributed by atoms with Gasteiger partial charge < -0.3 is 10.8 Å². The number of hydrogen-bond acceptors (Lipinski definition) is 6. The number of aryl methyl sites for hydroxylation is 1. The second-order valence-corrected chi connectivity index (χ2v) is 3.66. The summed E-state index contributed by atoms with van der Waals surface area (Å²) in [5.41, 5.74) is 5.60. The minimum absolute atomic E-state index is 0.108. The molecular formula is C6H9N5OS. The standard InChI is InChI=1S/C6H9N5OS/c1-3-8-9-6-11(3)10-5(13-6)4(7)2-12/h4,12H,2,7H2,1H3. The second-order valence-electron chi connectivity index (χ2n) is 2.67. The molecule has 0 radical (unpaired) electrons. The molecule has 7 heteroatoms. The van der Waals surface area contributed by atoms with Gasteiger partial charge in [-0.15, -0.1) is 10.2 Å². The molecule has 2 aromatic heterocycles. The fourth-order valence-electron chi connectivity index (χ4n) is 0.957. The van der Waals surface area contributed by atoms with Crippen LogP contribution in [0.1, 0.15) is 16.9 Å². The lowest BCUT2D eigenvalue weighted by atomic mass is 10.4. The van der Waals surface area contributed by atoms with Gasteiger partial charge in [-0.2, -0.15) is 9.61 Å². The molecule has 1 unspecified atom stereocenters. The van der Waals surface area contributed by atoms with Crippen LogP contribution in [0.3, 0.4) is 0 Å². The molecular weight excluding hydrogens is 190 g/mol. The number of aliphatic hydroxyl groups excluding tert-OH is 1. The fraction of sp³-hybridized carbons (Fsp3) is 0.500. The SMILES string of the molecule is Cc1nnc2sc(C(N)CO)nn12. The summed E-state index contributed by atoms with van der Waals surface area (Å²) in [5.74, 6) is 0.725. The third-order valence-electron chi connectivity index (χ3n) is 1.68. The Morgan fingerprint density at radius 1 is 1.62 bits per heavy atom. The Labute approximate surface area is 78.0 Å². The van der Waals surface area contributed by atoms with Crippen molar-refractivity contribution in [2.45, 2.75) is 13.0 Å². The molecule has 70 valence electrons. The summed E-state index contributed by atoms with van der Waals surface area (Å²) in [4.78, 5) is 0.705. The first-order chi connectivity index (χ1) is 6.22. The minimum Gasteiger partial charge on any atom is -0.394 e. The molecule has 13 heavy (non-hydrogen) atoms. The van der Waals surface area contributed by atoms with Crippen molar-refractivity contribution < 1.29 is 5.11 Å². The summed E-state index contributed by atoms with van der Waals surface area (Å²) in [6, 6.07) is -0.425. The summed E-state index contributed by atoms with van der Waals surface area (Å²) < 4.78 is 1.62. The number of rotatable bonds is 2. The molecule has 3 N–H and O–H groups in total. The summed E-state index contributed by atoms with van der Waals surface area (Å²) in [6.45, 7) is 1.71. The zero-order valence-corrected chi connectivity index (χ0v) is 7.82. The lowest BCUT2D eigenvalue weighted by Gasteiger charge is -2.00. The van der Waals surface area contributed by atoms with E-state index in [1.54, 1.807) is 4.52 Å². The van der Waals surface area contributed by atoms with E-state index in [1.807, 2.05) is 6.92 Å². The molecule has 0 aliphatic carbocycles. The van der Waals surface area contributed by atoms with Gasteiger partial charge in [0.25, 0.3) is 0 Å². The highest BCUT2D eigenvalue weighted by atomic mass is 32.1. The Hall–Kier alpha value is -1.05. The third-order valence-corrected chi connectivity index (χ3v) is 2.71. The van der Waals surface area contributed by atoms with Crippen LogP contribution in [0.5, 0.6) is 0 Å². The largest absolute Gasteiger partial charge is 0.394 e. The van der Waals surface area contributed by atoms with Crippen molar-refractivity contribution in [3.63, 3.8) is 0 Å². The number of nitrogens with two attached hydrogens (primary N) is 1. The van der Waals surface area contributed by atoms with Crippen LogP contribution >= 0.6 is 11.3 Å². The van der Waals surface area contributed by atoms with Crippen LogP contribution in [-0.2, 0) is 0 Å². The van der Waals surface area contributed by atoms with E-state index in [4.69, 9.17) is 10.8 Å². The van der Waals surface area contributed by atoms with Crippen LogP contribution in [0.15, 0.2) is 0 Å². The Morgan fingerprint density at radius 3 is 3.00 bits per heavy atom. The molecule has 0 bridgehead atoms. The number of aromatic nitrogens is 4. The van der Waals surface area contributed by atoms with Gasteiger partial charge in [0.1, 0.15) is 5.01 Å². The van der Waals surface area contributed by atoms with Crippen molar-refractivity contribution in [3.8, 4) is 0 Å². The highest BCUT2D eigenvalue weighted by molar-refractivity contribution is 7.16. The van der Waals surface area contributed by atoms with Gasteiger partial charge in [0.2, 0.25) is 4.96 Å². The predicted octanol–water partition coefficient (Wildman–Crippen LogP) is -0.514. The van der Waals surface area contributed by atoms with Gasteiger partial charge in [0, 0.05) is 0 Å². The first-order valence-electron chi connectivity index (χ1n) is 3.77. The number of nitrogens with zero attached hydrogens (tertiary/aromatic N) is 4. The predicted molar refractivity (Wildman–Crippen MR) is 47.4 cm³/mol. The summed E-state index contributed by atoms with van der Waals surface area (Å²) >= 11 is 1.34. The molecule has 0 aromatic carbocycles. The zero-order chi connectivity index (χ0) is 9.42. The highest BCUT2D eigenvalue weighted by Crippen LogP contribution is 2.18. The van der Waals surface area contributed by atoms with Gasteiger partial charge in [0.15, 0.2) is 5.82 Å². The monoisotopic (exact) mass is 199 g/mol. The Bertz CT molecular complexity index is 421. The van der Waals surface area contributed by atoms with Gasteiger partial charge in [-0.1, -0.05) is 11.3 Å². The highest BCUT2D eigenvalue weighted by Gasteiger charge is 2.13. The summed E-state index contributed by atoms with van der Waals surface area (Å²) in [6.07, 6.45) is 0. The van der Waals surface area contributed by atoms with Gasteiger partial charge in [0.05, 0.1) is 12.6 Å². The zero-order valence-electron chi connectivity index (χ0n) is 7.01. The normalized spacial score (nSPS) is 13.8. The maximum atomic E-state index is 8.82. The molecule has 6 nitrogen and oxygen atoms in total. The molecule has 0 amide bonds. The first kappa shape index (κ1) is 8.54. The van der Waals surface area contributed by atoms with Crippen molar-refractivity contribution in [3.05, 3.63) is 10.8 Å². The van der Waals surface area contributed by atoms with E-state index in [-0.39, 0.29) is 6.61 Å². The van der Waals surface area contributed by atoms with E-state index in [2.05, 4.69) is 15.3 Å². The average molecular weight is 199 g/mol. The Morgan fingerprint density at radius 2 is 2.38 bits per heavy atom. The average Bonchev–Trinajstić information content (AvgIpc) is 2.67.